The van der Waals surface area contributed by atoms with Gasteiger partial charge in [0.25, 0.3) is 0 Å². The van der Waals surface area contributed by atoms with E-state index in [4.69, 9.17) is 4.74 Å². The van der Waals surface area contributed by atoms with Gasteiger partial charge in [-0.05, 0) is 35.1 Å². The maximum Gasteiger partial charge on any atom is 0.0623 e. The Morgan fingerprint density at radius 3 is 2.91 bits per heavy atom. The molecule has 122 valence electrons. The average molecular weight is 310 g/mol. The van der Waals surface area contributed by atoms with Gasteiger partial charge in [-0.2, -0.15) is 0 Å². The molecule has 2 N–H and O–H groups in total. The second-order valence-electron chi connectivity index (χ2n) is 6.86. The molecule has 1 saturated heterocycles. The molecule has 1 aliphatic heterocycles. The molecule has 2 fully saturated rings. The van der Waals surface area contributed by atoms with Crippen LogP contribution < -0.4 is 10.6 Å². The molecule has 3 heteroatoms. The number of rotatable bonds is 4. The van der Waals surface area contributed by atoms with E-state index >= 15 is 0 Å². The Hall–Kier alpha value is -1.42. The van der Waals surface area contributed by atoms with Crippen molar-refractivity contribution in [3.05, 3.63) is 48.0 Å². The molecule has 3 atom stereocenters. The fourth-order valence-electron chi connectivity index (χ4n) is 4.27. The third-order valence-electron chi connectivity index (χ3n) is 5.47. The van der Waals surface area contributed by atoms with Crippen LogP contribution in [0.15, 0.2) is 42.5 Å². The van der Waals surface area contributed by atoms with Gasteiger partial charge in [-0.3, -0.25) is 0 Å². The minimum Gasteiger partial charge on any atom is -0.379 e. The summed E-state index contributed by atoms with van der Waals surface area (Å²) in [6.07, 6.45) is 3.93. The molecule has 3 nitrogen and oxygen atoms in total. The largest absolute Gasteiger partial charge is 0.379 e. The van der Waals surface area contributed by atoms with Crippen LogP contribution in [-0.4, -0.2) is 31.8 Å². The lowest BCUT2D eigenvalue weighted by Crippen LogP contribution is -2.50. The Morgan fingerprint density at radius 2 is 2.00 bits per heavy atom. The molecule has 0 amide bonds. The zero-order chi connectivity index (χ0) is 15.5. The molecular formula is C20H26N2O. The van der Waals surface area contributed by atoms with Crippen molar-refractivity contribution < 1.29 is 4.74 Å². The predicted octanol–water partition coefficient (Wildman–Crippen LogP) is 3.09. The van der Waals surface area contributed by atoms with Gasteiger partial charge in [-0.25, -0.2) is 0 Å². The molecule has 1 heterocycles. The van der Waals surface area contributed by atoms with Crippen molar-refractivity contribution >= 4 is 10.8 Å². The zero-order valence-electron chi connectivity index (χ0n) is 13.6. The molecule has 2 aliphatic rings. The molecule has 2 aromatic rings. The zero-order valence-corrected chi connectivity index (χ0v) is 13.6. The van der Waals surface area contributed by atoms with E-state index in [0.717, 1.165) is 26.3 Å². The highest BCUT2D eigenvalue weighted by Gasteiger charge is 2.34. The summed E-state index contributed by atoms with van der Waals surface area (Å²) in [5.41, 5.74) is 1.40. The summed E-state index contributed by atoms with van der Waals surface area (Å²) in [7, 11) is 0. The fourth-order valence-corrected chi connectivity index (χ4v) is 4.27. The maximum atomic E-state index is 5.67. The molecule has 1 saturated carbocycles. The van der Waals surface area contributed by atoms with Crippen LogP contribution in [0.3, 0.4) is 0 Å². The van der Waals surface area contributed by atoms with Crippen LogP contribution in [0.4, 0.5) is 0 Å². The number of benzene rings is 2. The van der Waals surface area contributed by atoms with Crippen LogP contribution in [0, 0.1) is 5.92 Å². The highest BCUT2D eigenvalue weighted by molar-refractivity contribution is 5.85. The van der Waals surface area contributed by atoms with Gasteiger partial charge in [0.1, 0.15) is 0 Å². The first-order chi connectivity index (χ1) is 11.4. The van der Waals surface area contributed by atoms with Crippen LogP contribution >= 0.6 is 0 Å². The summed E-state index contributed by atoms with van der Waals surface area (Å²) < 4.78 is 5.67. The monoisotopic (exact) mass is 310 g/mol. The second kappa shape index (κ2) is 7.00. The molecule has 2 aromatic carbocycles. The van der Waals surface area contributed by atoms with E-state index in [-0.39, 0.29) is 0 Å². The van der Waals surface area contributed by atoms with E-state index in [1.54, 1.807) is 0 Å². The SMILES string of the molecule is c1ccc2c(CNC3CCCC3C3COCCN3)cccc2c1. The number of hydrogen-bond acceptors (Lipinski definition) is 3. The Morgan fingerprint density at radius 1 is 1.09 bits per heavy atom. The predicted molar refractivity (Wildman–Crippen MR) is 94.5 cm³/mol. The van der Waals surface area contributed by atoms with Crippen molar-refractivity contribution in [3.8, 4) is 0 Å². The number of nitrogens with one attached hydrogen (secondary N) is 2. The number of hydrogen-bond donors (Lipinski definition) is 2. The van der Waals surface area contributed by atoms with Crippen molar-refractivity contribution in [2.45, 2.75) is 37.9 Å². The molecule has 0 radical (unpaired) electrons. The quantitative estimate of drug-likeness (QED) is 0.910. The van der Waals surface area contributed by atoms with Crippen molar-refractivity contribution in [2.24, 2.45) is 5.92 Å². The van der Waals surface area contributed by atoms with E-state index in [0.29, 0.717) is 18.0 Å². The van der Waals surface area contributed by atoms with Gasteiger partial charge in [-0.1, -0.05) is 48.9 Å². The molecule has 3 unspecified atom stereocenters. The molecule has 0 bridgehead atoms. The molecule has 4 rings (SSSR count). The molecule has 0 spiro atoms. The first kappa shape index (κ1) is 15.1. The van der Waals surface area contributed by atoms with Gasteiger partial charge >= 0.3 is 0 Å². The molecule has 23 heavy (non-hydrogen) atoms. The summed E-state index contributed by atoms with van der Waals surface area (Å²) >= 11 is 0. The van der Waals surface area contributed by atoms with Crippen molar-refractivity contribution in [1.29, 1.82) is 0 Å². The van der Waals surface area contributed by atoms with Crippen molar-refractivity contribution in [3.63, 3.8) is 0 Å². The first-order valence-electron chi connectivity index (χ1n) is 8.93. The lowest BCUT2D eigenvalue weighted by molar-refractivity contribution is 0.0524. The van der Waals surface area contributed by atoms with Gasteiger partial charge in [0, 0.05) is 25.2 Å². The van der Waals surface area contributed by atoms with Crippen LogP contribution in [0.25, 0.3) is 10.8 Å². The van der Waals surface area contributed by atoms with Gasteiger partial charge in [-0.15, -0.1) is 0 Å². The van der Waals surface area contributed by atoms with Crippen molar-refractivity contribution in [2.75, 3.05) is 19.8 Å². The summed E-state index contributed by atoms with van der Waals surface area (Å²) in [5.74, 6) is 0.699. The van der Waals surface area contributed by atoms with Crippen LogP contribution in [-0.2, 0) is 11.3 Å². The van der Waals surface area contributed by atoms with Crippen LogP contribution in [0.1, 0.15) is 24.8 Å². The van der Waals surface area contributed by atoms with E-state index < -0.39 is 0 Å². The second-order valence-corrected chi connectivity index (χ2v) is 6.86. The minimum atomic E-state index is 0.524. The summed E-state index contributed by atoms with van der Waals surface area (Å²) in [4.78, 5) is 0. The van der Waals surface area contributed by atoms with E-state index in [2.05, 4.69) is 53.1 Å². The lowest BCUT2D eigenvalue weighted by atomic mass is 9.93. The van der Waals surface area contributed by atoms with Crippen LogP contribution in [0.2, 0.25) is 0 Å². The summed E-state index contributed by atoms with van der Waals surface area (Å²) in [5, 5.41) is 10.2. The van der Waals surface area contributed by atoms with Gasteiger partial charge in [0.15, 0.2) is 0 Å². The van der Waals surface area contributed by atoms with Crippen LogP contribution in [0.5, 0.6) is 0 Å². The highest BCUT2D eigenvalue weighted by Crippen LogP contribution is 2.30. The Labute approximate surface area is 138 Å². The molecule has 0 aromatic heterocycles. The topological polar surface area (TPSA) is 33.3 Å². The van der Waals surface area contributed by atoms with Crippen molar-refractivity contribution in [1.82, 2.24) is 10.6 Å². The van der Waals surface area contributed by atoms with Gasteiger partial charge < -0.3 is 15.4 Å². The number of morpholine rings is 1. The standard InChI is InChI=1S/C20H26N2O/c1-2-8-17-15(5-1)6-3-7-16(17)13-22-19-10-4-9-18(19)20-14-23-12-11-21-20/h1-3,5-8,18-22H,4,9-14H2. The van der Waals surface area contributed by atoms with E-state index in [1.807, 2.05) is 0 Å². The minimum absolute atomic E-state index is 0.524. The third kappa shape index (κ3) is 3.27. The smallest absolute Gasteiger partial charge is 0.0623 e. The molecule has 1 aliphatic carbocycles. The Bertz CT molecular complexity index is 646. The lowest BCUT2D eigenvalue weighted by Gasteiger charge is -2.33. The summed E-state index contributed by atoms with van der Waals surface area (Å²) in [6.45, 7) is 3.68. The van der Waals surface area contributed by atoms with E-state index in [9.17, 15) is 0 Å². The third-order valence-corrected chi connectivity index (χ3v) is 5.47. The Balaban J connectivity index is 1.45. The average Bonchev–Trinajstić information content (AvgIpc) is 3.09. The number of fused-ring (bicyclic) bond motifs is 1. The van der Waals surface area contributed by atoms with Gasteiger partial charge in [0.2, 0.25) is 0 Å². The fraction of sp³-hybridized carbons (Fsp3) is 0.500. The van der Waals surface area contributed by atoms with Gasteiger partial charge in [0.05, 0.1) is 13.2 Å². The first-order valence-corrected chi connectivity index (χ1v) is 8.93. The number of ether oxygens (including phenoxy) is 1. The van der Waals surface area contributed by atoms with E-state index in [1.165, 1.54) is 35.6 Å². The normalized spacial score (nSPS) is 28.3. The summed E-state index contributed by atoms with van der Waals surface area (Å²) in [6, 6.07) is 16.4. The maximum absolute atomic E-state index is 5.67. The highest BCUT2D eigenvalue weighted by atomic mass is 16.5. The molecular weight excluding hydrogens is 284 g/mol. The Kier molecular flexibility index (Phi) is 4.60.